The Morgan fingerprint density at radius 1 is 1.54 bits per heavy atom. The van der Waals surface area contributed by atoms with Crippen LogP contribution in [0, 0.1) is 0 Å². The number of pyridine rings is 1. The lowest BCUT2D eigenvalue weighted by Crippen LogP contribution is -2.12. The third-order valence-corrected chi connectivity index (χ3v) is 1.79. The topological polar surface area (TPSA) is 39.2 Å². The molecule has 0 aliphatic carbocycles. The number of hydrogen-bond donors (Lipinski definition) is 0. The summed E-state index contributed by atoms with van der Waals surface area (Å²) in [5, 5.41) is 0.319. The fraction of sp³-hybridized carbons (Fsp3) is 0.250. The van der Waals surface area contributed by atoms with Gasteiger partial charge in [0.15, 0.2) is 5.78 Å². The van der Waals surface area contributed by atoms with Gasteiger partial charge in [0.25, 0.3) is 0 Å². The zero-order valence-corrected chi connectivity index (χ0v) is 10.1. The first-order chi connectivity index (χ1) is 5.83. The van der Waals surface area contributed by atoms with Crippen LogP contribution in [0.2, 0.25) is 0 Å². The first-order valence-corrected chi connectivity index (χ1v) is 4.56. The molecule has 0 aliphatic rings. The number of ether oxygens (including phenoxy) is 1. The lowest BCUT2D eigenvalue weighted by atomic mass is 10.5. The first-order valence-electron chi connectivity index (χ1n) is 3.44. The molecular formula is C8H9Br2NO2. The predicted octanol–water partition coefficient (Wildman–Crippen LogP) is 2.00. The molecule has 0 amide bonds. The van der Waals surface area contributed by atoms with Crippen LogP contribution in [-0.2, 0) is 4.79 Å². The zero-order chi connectivity index (χ0) is 8.81. The number of carbonyl (C=O) groups excluding carboxylic acids is 1. The molecule has 1 rings (SSSR count). The molecule has 0 N–H and O–H groups in total. The van der Waals surface area contributed by atoms with Gasteiger partial charge >= 0.3 is 0 Å². The molecule has 0 unspecified atom stereocenters. The Morgan fingerprint density at radius 3 is 2.85 bits per heavy atom. The maximum absolute atomic E-state index is 10.8. The first kappa shape index (κ1) is 12.6. The summed E-state index contributed by atoms with van der Waals surface area (Å²) in [5.41, 5.74) is 0. The Balaban J connectivity index is 0.00000144. The van der Waals surface area contributed by atoms with E-state index in [2.05, 4.69) is 20.9 Å². The van der Waals surface area contributed by atoms with Crippen LogP contribution in [0.1, 0.15) is 0 Å². The largest absolute Gasteiger partial charge is 0.470 e. The van der Waals surface area contributed by atoms with Gasteiger partial charge in [-0.15, -0.1) is 17.0 Å². The molecule has 0 spiro atoms. The van der Waals surface area contributed by atoms with Crippen molar-refractivity contribution in [3.8, 4) is 5.88 Å². The molecule has 0 aliphatic heterocycles. The second-order valence-corrected chi connectivity index (χ2v) is 2.69. The fourth-order valence-corrected chi connectivity index (χ4v) is 0.787. The van der Waals surface area contributed by atoms with E-state index in [1.165, 1.54) is 0 Å². The number of rotatable bonds is 4. The second-order valence-electron chi connectivity index (χ2n) is 2.13. The van der Waals surface area contributed by atoms with Gasteiger partial charge in [-0.25, -0.2) is 4.98 Å². The standard InChI is InChI=1S/C8H8BrNO2.BrH/c9-5-7(11)6-12-8-3-1-2-4-10-8;/h1-4H,5-6H2;1H. The van der Waals surface area contributed by atoms with Crippen molar-refractivity contribution in [1.29, 1.82) is 0 Å². The molecule has 1 aromatic heterocycles. The van der Waals surface area contributed by atoms with Crippen molar-refractivity contribution < 1.29 is 9.53 Å². The van der Waals surface area contributed by atoms with Crippen LogP contribution >= 0.6 is 32.9 Å². The van der Waals surface area contributed by atoms with Crippen molar-refractivity contribution in [2.75, 3.05) is 11.9 Å². The van der Waals surface area contributed by atoms with E-state index in [9.17, 15) is 4.79 Å². The van der Waals surface area contributed by atoms with Gasteiger partial charge in [-0.3, -0.25) is 4.79 Å². The van der Waals surface area contributed by atoms with Gasteiger partial charge in [0.2, 0.25) is 5.88 Å². The van der Waals surface area contributed by atoms with E-state index in [-0.39, 0.29) is 29.4 Å². The van der Waals surface area contributed by atoms with Crippen LogP contribution < -0.4 is 4.74 Å². The average Bonchev–Trinajstić information content (AvgIpc) is 2.16. The van der Waals surface area contributed by atoms with Crippen molar-refractivity contribution >= 4 is 38.7 Å². The molecule has 1 aromatic rings. The SMILES string of the molecule is Br.O=C(CBr)COc1ccccn1. The summed E-state index contributed by atoms with van der Waals surface area (Å²) in [6.07, 6.45) is 1.62. The van der Waals surface area contributed by atoms with Gasteiger partial charge in [0, 0.05) is 12.3 Å². The normalized spacial score (nSPS) is 8.69. The van der Waals surface area contributed by atoms with Crippen LogP contribution in [-0.4, -0.2) is 22.7 Å². The Kier molecular flexibility index (Phi) is 6.80. The number of hydrogen-bond acceptors (Lipinski definition) is 3. The van der Waals surface area contributed by atoms with Gasteiger partial charge in [0.05, 0.1) is 5.33 Å². The molecule has 0 fully saturated rings. The van der Waals surface area contributed by atoms with Gasteiger partial charge in [-0.2, -0.15) is 0 Å². The number of alkyl halides is 1. The molecule has 5 heteroatoms. The molecule has 0 aromatic carbocycles. The van der Waals surface area contributed by atoms with Crippen molar-refractivity contribution in [2.45, 2.75) is 0 Å². The van der Waals surface area contributed by atoms with Gasteiger partial charge in [0.1, 0.15) is 6.61 Å². The van der Waals surface area contributed by atoms with E-state index >= 15 is 0 Å². The summed E-state index contributed by atoms with van der Waals surface area (Å²) in [6, 6.07) is 5.31. The van der Waals surface area contributed by atoms with E-state index in [4.69, 9.17) is 4.74 Å². The Labute approximate surface area is 95.4 Å². The van der Waals surface area contributed by atoms with E-state index in [1.807, 2.05) is 0 Å². The Bertz CT molecular complexity index is 254. The molecule has 0 saturated carbocycles. The average molecular weight is 311 g/mol. The molecular weight excluding hydrogens is 302 g/mol. The number of Topliss-reactive ketones (excluding diaryl/α,β-unsaturated/α-hetero) is 1. The monoisotopic (exact) mass is 309 g/mol. The van der Waals surface area contributed by atoms with E-state index < -0.39 is 0 Å². The highest BCUT2D eigenvalue weighted by atomic mass is 79.9. The fourth-order valence-electron chi connectivity index (χ4n) is 0.625. The third kappa shape index (κ3) is 5.00. The van der Waals surface area contributed by atoms with Crippen LogP contribution in [0.4, 0.5) is 0 Å². The lowest BCUT2D eigenvalue weighted by molar-refractivity contribution is -0.118. The molecule has 0 radical (unpaired) electrons. The molecule has 3 nitrogen and oxygen atoms in total. The predicted molar refractivity (Wildman–Crippen MR) is 58.9 cm³/mol. The highest BCUT2D eigenvalue weighted by Gasteiger charge is 1.99. The molecule has 72 valence electrons. The van der Waals surface area contributed by atoms with Gasteiger partial charge in [-0.05, 0) is 6.07 Å². The summed E-state index contributed by atoms with van der Waals surface area (Å²) in [5.74, 6) is 0.479. The summed E-state index contributed by atoms with van der Waals surface area (Å²) < 4.78 is 5.07. The summed E-state index contributed by atoms with van der Waals surface area (Å²) in [4.78, 5) is 14.7. The van der Waals surface area contributed by atoms with Crippen molar-refractivity contribution in [1.82, 2.24) is 4.98 Å². The number of carbonyl (C=O) groups is 1. The summed E-state index contributed by atoms with van der Waals surface area (Å²) >= 11 is 3.04. The maximum atomic E-state index is 10.8. The van der Waals surface area contributed by atoms with Crippen molar-refractivity contribution in [3.63, 3.8) is 0 Å². The quantitative estimate of drug-likeness (QED) is 0.799. The van der Waals surface area contributed by atoms with Crippen LogP contribution in [0.25, 0.3) is 0 Å². The molecule has 13 heavy (non-hydrogen) atoms. The number of ketones is 1. The zero-order valence-electron chi connectivity index (χ0n) is 6.77. The molecule has 0 bridgehead atoms. The van der Waals surface area contributed by atoms with Gasteiger partial charge in [-0.1, -0.05) is 22.0 Å². The minimum atomic E-state index is 0. The maximum Gasteiger partial charge on any atom is 0.213 e. The Hall–Kier alpha value is -0.420. The minimum Gasteiger partial charge on any atom is -0.470 e. The lowest BCUT2D eigenvalue weighted by Gasteiger charge is -2.00. The van der Waals surface area contributed by atoms with Crippen LogP contribution in [0.5, 0.6) is 5.88 Å². The third-order valence-electron chi connectivity index (χ3n) is 1.17. The number of aromatic nitrogens is 1. The number of nitrogens with zero attached hydrogens (tertiary/aromatic N) is 1. The van der Waals surface area contributed by atoms with Crippen molar-refractivity contribution in [3.05, 3.63) is 24.4 Å². The summed E-state index contributed by atoms with van der Waals surface area (Å²) in [7, 11) is 0. The van der Waals surface area contributed by atoms with Crippen LogP contribution in [0.15, 0.2) is 24.4 Å². The molecule has 0 atom stereocenters. The Morgan fingerprint density at radius 2 is 2.31 bits per heavy atom. The highest BCUT2D eigenvalue weighted by molar-refractivity contribution is 9.09. The summed E-state index contributed by atoms with van der Waals surface area (Å²) in [6.45, 7) is 0.0717. The minimum absolute atomic E-state index is 0. The van der Waals surface area contributed by atoms with Crippen LogP contribution in [0.3, 0.4) is 0 Å². The molecule has 0 saturated heterocycles. The highest BCUT2D eigenvalue weighted by Crippen LogP contribution is 2.02. The van der Waals surface area contributed by atoms with E-state index in [0.29, 0.717) is 11.2 Å². The van der Waals surface area contributed by atoms with E-state index in [1.54, 1.807) is 24.4 Å². The van der Waals surface area contributed by atoms with E-state index in [0.717, 1.165) is 0 Å². The number of halogens is 2. The van der Waals surface area contributed by atoms with Crippen molar-refractivity contribution in [2.24, 2.45) is 0 Å². The van der Waals surface area contributed by atoms with Gasteiger partial charge < -0.3 is 4.74 Å². The smallest absolute Gasteiger partial charge is 0.213 e. The molecule has 1 heterocycles. The second kappa shape index (κ2) is 7.03.